The molecule has 1 atom stereocenters. The van der Waals surface area contributed by atoms with Crippen LogP contribution in [-0.2, 0) is 0 Å². The van der Waals surface area contributed by atoms with Gasteiger partial charge in [0.25, 0.3) is 0 Å². The first-order valence-corrected chi connectivity index (χ1v) is 5.72. The van der Waals surface area contributed by atoms with Gasteiger partial charge in [-0.1, -0.05) is 18.2 Å². The normalized spacial score (nSPS) is 19.7. The summed E-state index contributed by atoms with van der Waals surface area (Å²) in [6, 6.07) is 7.44. The number of hydrogen-bond acceptors (Lipinski definition) is 2. The summed E-state index contributed by atoms with van der Waals surface area (Å²) in [4.78, 5) is 0. The smallest absolute Gasteiger partial charge is 0.314 e. The molecule has 1 aliphatic rings. The summed E-state index contributed by atoms with van der Waals surface area (Å²) in [6.45, 7) is 1.57. The van der Waals surface area contributed by atoms with Crippen LogP contribution in [0.2, 0.25) is 0 Å². The summed E-state index contributed by atoms with van der Waals surface area (Å²) in [5.74, 6) is 0. The molecule has 6 heteroatoms. The van der Waals surface area contributed by atoms with Crippen LogP contribution in [-0.4, -0.2) is 25.6 Å². The van der Waals surface area contributed by atoms with Crippen molar-refractivity contribution in [1.82, 2.24) is 5.32 Å². The first-order valence-electron chi connectivity index (χ1n) is 5.72. The Morgan fingerprint density at radius 3 is 2.22 bits per heavy atom. The van der Waals surface area contributed by atoms with Crippen molar-refractivity contribution in [3.05, 3.63) is 30.3 Å². The highest BCUT2D eigenvalue weighted by atomic mass is 19.4. The molecule has 1 saturated heterocycles. The molecule has 1 aromatic carbocycles. The Kier molecular flexibility index (Phi) is 5.91. The molecular weight excluding hydrogens is 248 g/mol. The molecule has 0 aliphatic carbocycles. The van der Waals surface area contributed by atoms with Gasteiger partial charge in [-0.2, -0.15) is 13.2 Å². The van der Waals surface area contributed by atoms with Crippen LogP contribution in [0.4, 0.5) is 23.2 Å². The quantitative estimate of drug-likeness (QED) is 0.600. The van der Waals surface area contributed by atoms with Gasteiger partial charge in [0.15, 0.2) is 0 Å². The molecule has 102 valence electrons. The van der Waals surface area contributed by atoms with Gasteiger partial charge in [0, 0.05) is 12.2 Å². The van der Waals surface area contributed by atoms with Crippen LogP contribution in [0.15, 0.2) is 30.3 Å². The van der Waals surface area contributed by atoms with E-state index in [4.69, 9.17) is 0 Å². The van der Waals surface area contributed by atoms with E-state index >= 15 is 0 Å². The van der Waals surface area contributed by atoms with Crippen LogP contribution in [0.1, 0.15) is 12.8 Å². The fourth-order valence-corrected chi connectivity index (χ4v) is 1.49. The van der Waals surface area contributed by atoms with Crippen LogP contribution in [0, 0.1) is 0 Å². The van der Waals surface area contributed by atoms with Crippen molar-refractivity contribution >= 4 is 5.69 Å². The van der Waals surface area contributed by atoms with Crippen molar-refractivity contribution in [2.24, 2.45) is 0 Å². The highest BCUT2D eigenvalue weighted by Gasteiger charge is 2.26. The fraction of sp³-hybridized carbons (Fsp3) is 0.500. The first-order chi connectivity index (χ1) is 8.47. The SMILES string of the molecule is FC(F)(F)Nc1ccccc1.FC1CCCNC1. The third-order valence-electron chi connectivity index (χ3n) is 2.30. The second-order valence-electron chi connectivity index (χ2n) is 3.93. The third-order valence-corrected chi connectivity index (χ3v) is 2.30. The standard InChI is InChI=1S/C7H6F3N.C5H10FN/c8-7(9,10)11-6-4-2-1-3-5-6;6-5-2-1-3-7-4-5/h1-5,11H;5,7H,1-4H2. The van der Waals surface area contributed by atoms with Crippen LogP contribution in [0.3, 0.4) is 0 Å². The van der Waals surface area contributed by atoms with Crippen molar-refractivity contribution in [2.75, 3.05) is 18.4 Å². The maximum absolute atomic E-state index is 12.1. The van der Waals surface area contributed by atoms with Crippen molar-refractivity contribution < 1.29 is 17.6 Å². The number of piperidine rings is 1. The summed E-state index contributed by atoms with van der Waals surface area (Å²) < 4.78 is 47.0. The Bertz CT molecular complexity index is 321. The maximum Gasteiger partial charge on any atom is 0.482 e. The van der Waals surface area contributed by atoms with Crippen LogP contribution in [0.5, 0.6) is 0 Å². The van der Waals surface area contributed by atoms with Gasteiger partial charge in [-0.15, -0.1) is 0 Å². The number of nitrogens with one attached hydrogen (secondary N) is 2. The number of rotatable bonds is 1. The molecule has 18 heavy (non-hydrogen) atoms. The molecule has 2 rings (SSSR count). The van der Waals surface area contributed by atoms with E-state index < -0.39 is 12.5 Å². The minimum Gasteiger partial charge on any atom is -0.314 e. The Morgan fingerprint density at radius 2 is 1.83 bits per heavy atom. The monoisotopic (exact) mass is 264 g/mol. The van der Waals surface area contributed by atoms with Gasteiger partial charge in [0.1, 0.15) is 6.17 Å². The van der Waals surface area contributed by atoms with Gasteiger partial charge >= 0.3 is 6.30 Å². The number of halogens is 4. The molecule has 0 amide bonds. The lowest BCUT2D eigenvalue weighted by atomic mass is 10.1. The van der Waals surface area contributed by atoms with Gasteiger partial charge in [-0.25, -0.2) is 4.39 Å². The molecule has 0 radical (unpaired) electrons. The summed E-state index contributed by atoms with van der Waals surface area (Å²) in [6.07, 6.45) is -3.16. The summed E-state index contributed by atoms with van der Waals surface area (Å²) in [7, 11) is 0. The van der Waals surface area contributed by atoms with E-state index in [-0.39, 0.29) is 5.69 Å². The molecule has 1 unspecified atom stereocenters. The molecule has 1 heterocycles. The third kappa shape index (κ3) is 7.11. The zero-order valence-corrected chi connectivity index (χ0v) is 9.80. The Balaban J connectivity index is 0.000000199. The predicted octanol–water partition coefficient (Wildman–Crippen LogP) is 3.33. The van der Waals surface area contributed by atoms with E-state index in [1.54, 1.807) is 6.07 Å². The van der Waals surface area contributed by atoms with Gasteiger partial charge < -0.3 is 5.32 Å². The van der Waals surface area contributed by atoms with E-state index in [1.807, 2.05) is 0 Å². The maximum atomic E-state index is 12.1. The van der Waals surface area contributed by atoms with Crippen molar-refractivity contribution in [3.63, 3.8) is 0 Å². The fourth-order valence-electron chi connectivity index (χ4n) is 1.49. The molecule has 0 spiro atoms. The molecule has 1 aliphatic heterocycles. The van der Waals surface area contributed by atoms with Gasteiger partial charge in [0.2, 0.25) is 0 Å². The minimum absolute atomic E-state index is 0.0556. The topological polar surface area (TPSA) is 24.1 Å². The number of alkyl halides is 4. The first kappa shape index (κ1) is 14.8. The van der Waals surface area contributed by atoms with Crippen LogP contribution >= 0.6 is 0 Å². The van der Waals surface area contributed by atoms with Crippen molar-refractivity contribution in [3.8, 4) is 0 Å². The average molecular weight is 264 g/mol. The lowest BCUT2D eigenvalue weighted by Crippen LogP contribution is -2.30. The lowest BCUT2D eigenvalue weighted by Gasteiger charge is -2.14. The largest absolute Gasteiger partial charge is 0.482 e. The number of para-hydroxylation sites is 1. The second-order valence-corrected chi connectivity index (χ2v) is 3.93. The zero-order chi connectivity index (χ0) is 13.4. The van der Waals surface area contributed by atoms with Crippen molar-refractivity contribution in [2.45, 2.75) is 25.3 Å². The molecule has 1 aromatic rings. The van der Waals surface area contributed by atoms with Crippen LogP contribution in [0.25, 0.3) is 0 Å². The molecular formula is C12H16F4N2. The molecule has 2 nitrogen and oxygen atoms in total. The van der Waals surface area contributed by atoms with Gasteiger partial charge in [-0.05, 0) is 31.5 Å². The van der Waals surface area contributed by atoms with E-state index in [9.17, 15) is 17.6 Å². The molecule has 2 N–H and O–H groups in total. The Labute approximate surface area is 103 Å². The highest BCUT2D eigenvalue weighted by molar-refractivity contribution is 5.42. The van der Waals surface area contributed by atoms with Gasteiger partial charge in [-0.3, -0.25) is 5.32 Å². The minimum atomic E-state index is -4.35. The van der Waals surface area contributed by atoms with E-state index in [0.717, 1.165) is 19.4 Å². The van der Waals surface area contributed by atoms with Crippen LogP contribution < -0.4 is 10.6 Å². The van der Waals surface area contributed by atoms with Crippen molar-refractivity contribution in [1.29, 1.82) is 0 Å². The number of anilines is 1. The molecule has 1 fully saturated rings. The molecule has 0 saturated carbocycles. The second kappa shape index (κ2) is 7.20. The Morgan fingerprint density at radius 1 is 1.17 bits per heavy atom. The summed E-state index contributed by atoms with van der Waals surface area (Å²) in [5, 5.41) is 4.34. The summed E-state index contributed by atoms with van der Waals surface area (Å²) >= 11 is 0. The summed E-state index contributed by atoms with van der Waals surface area (Å²) in [5.41, 5.74) is 0.0556. The molecule has 0 bridgehead atoms. The van der Waals surface area contributed by atoms with Gasteiger partial charge in [0.05, 0.1) is 0 Å². The Hall–Kier alpha value is -1.30. The number of benzene rings is 1. The number of hydrogen-bond donors (Lipinski definition) is 2. The highest BCUT2D eigenvalue weighted by Crippen LogP contribution is 2.18. The van der Waals surface area contributed by atoms with E-state index in [1.165, 1.54) is 29.6 Å². The van der Waals surface area contributed by atoms with E-state index in [2.05, 4.69) is 5.32 Å². The zero-order valence-electron chi connectivity index (χ0n) is 9.80. The molecule has 0 aromatic heterocycles. The van der Waals surface area contributed by atoms with E-state index in [0.29, 0.717) is 6.54 Å². The lowest BCUT2D eigenvalue weighted by molar-refractivity contribution is -0.0999. The predicted molar refractivity (Wildman–Crippen MR) is 63.1 cm³/mol. The average Bonchev–Trinajstić information content (AvgIpc) is 2.30.